The van der Waals surface area contributed by atoms with E-state index >= 15 is 0 Å². The normalized spacial score (nSPS) is 27.6. The van der Waals surface area contributed by atoms with Gasteiger partial charge in [0.05, 0.1) is 7.11 Å². The van der Waals surface area contributed by atoms with E-state index in [1.807, 2.05) is 6.07 Å². The van der Waals surface area contributed by atoms with E-state index in [0.29, 0.717) is 12.0 Å². The molecule has 2 nitrogen and oxygen atoms in total. The number of methoxy groups -OCH3 is 1. The van der Waals surface area contributed by atoms with Gasteiger partial charge in [0, 0.05) is 6.04 Å². The molecule has 1 saturated carbocycles. The first kappa shape index (κ1) is 12.4. The zero-order valence-corrected chi connectivity index (χ0v) is 11.1. The highest BCUT2D eigenvalue weighted by Crippen LogP contribution is 2.47. The van der Waals surface area contributed by atoms with Crippen LogP contribution in [0.3, 0.4) is 0 Å². The van der Waals surface area contributed by atoms with E-state index in [-0.39, 0.29) is 0 Å². The molecule has 0 aliphatic heterocycles. The largest absolute Gasteiger partial charge is 0.496 e. The van der Waals surface area contributed by atoms with Gasteiger partial charge in [-0.1, -0.05) is 38.5 Å². The minimum absolute atomic E-state index is 0.667. The van der Waals surface area contributed by atoms with Crippen LogP contribution in [-0.2, 0) is 0 Å². The van der Waals surface area contributed by atoms with E-state index in [9.17, 15) is 0 Å². The average Bonchev–Trinajstić information content (AvgIpc) is 2.34. The molecule has 1 aromatic carbocycles. The van der Waals surface area contributed by atoms with Crippen molar-refractivity contribution in [3.8, 4) is 5.75 Å². The van der Waals surface area contributed by atoms with E-state index in [1.54, 1.807) is 7.11 Å². The number of rotatable bonds is 5. The summed E-state index contributed by atoms with van der Waals surface area (Å²) >= 11 is 0. The molecule has 0 amide bonds. The first-order valence-electron chi connectivity index (χ1n) is 6.68. The molecule has 1 aliphatic rings. The summed E-state index contributed by atoms with van der Waals surface area (Å²) in [5.41, 5.74) is 1.39. The number of hydrogen-bond acceptors (Lipinski definition) is 2. The summed E-state index contributed by atoms with van der Waals surface area (Å²) in [6.07, 6.45) is 2.48. The molecule has 3 unspecified atom stereocenters. The fourth-order valence-electron chi connectivity index (χ4n) is 3.10. The molecule has 0 saturated heterocycles. The van der Waals surface area contributed by atoms with Gasteiger partial charge in [0.2, 0.25) is 0 Å². The predicted molar refractivity (Wildman–Crippen MR) is 71.6 cm³/mol. The molecule has 1 aliphatic carbocycles. The lowest BCUT2D eigenvalue weighted by Gasteiger charge is -2.45. The van der Waals surface area contributed by atoms with Crippen molar-refractivity contribution < 1.29 is 4.74 Å². The summed E-state index contributed by atoms with van der Waals surface area (Å²) in [4.78, 5) is 0. The number of benzene rings is 1. The minimum Gasteiger partial charge on any atom is -0.496 e. The smallest absolute Gasteiger partial charge is 0.122 e. The lowest BCUT2D eigenvalue weighted by atomic mass is 9.64. The summed E-state index contributed by atoms with van der Waals surface area (Å²) < 4.78 is 5.47. The average molecular weight is 233 g/mol. The highest BCUT2D eigenvalue weighted by Gasteiger charge is 2.40. The Morgan fingerprint density at radius 3 is 2.71 bits per heavy atom. The lowest BCUT2D eigenvalue weighted by Crippen LogP contribution is -2.48. The minimum atomic E-state index is 0.667. The second-order valence-electron chi connectivity index (χ2n) is 4.82. The molecule has 17 heavy (non-hydrogen) atoms. The van der Waals surface area contributed by atoms with Crippen LogP contribution >= 0.6 is 0 Å². The summed E-state index contributed by atoms with van der Waals surface area (Å²) in [5, 5.41) is 3.58. The van der Waals surface area contributed by atoms with Gasteiger partial charge in [-0.3, -0.25) is 0 Å². The Hall–Kier alpha value is -1.02. The molecule has 1 fully saturated rings. The molecule has 0 radical (unpaired) electrons. The van der Waals surface area contributed by atoms with E-state index in [2.05, 4.69) is 37.4 Å². The molecular formula is C15H23NO. The van der Waals surface area contributed by atoms with Crippen molar-refractivity contribution in [2.45, 2.75) is 38.6 Å². The van der Waals surface area contributed by atoms with Gasteiger partial charge in [-0.05, 0) is 36.4 Å². The lowest BCUT2D eigenvalue weighted by molar-refractivity contribution is 0.160. The molecule has 0 bridgehead atoms. The third-order valence-corrected chi connectivity index (χ3v) is 4.02. The zero-order chi connectivity index (χ0) is 12.3. The molecule has 2 rings (SSSR count). The second kappa shape index (κ2) is 5.54. The van der Waals surface area contributed by atoms with Gasteiger partial charge in [-0.2, -0.15) is 0 Å². The van der Waals surface area contributed by atoms with E-state index in [4.69, 9.17) is 4.74 Å². The molecule has 2 heteroatoms. The maximum atomic E-state index is 5.47. The molecular weight excluding hydrogens is 210 g/mol. The predicted octanol–water partition coefficient (Wildman–Crippen LogP) is 3.19. The van der Waals surface area contributed by atoms with Crippen molar-refractivity contribution in [3.63, 3.8) is 0 Å². The summed E-state index contributed by atoms with van der Waals surface area (Å²) in [7, 11) is 1.76. The number of nitrogens with one attached hydrogen (secondary N) is 1. The van der Waals surface area contributed by atoms with Crippen molar-refractivity contribution in [3.05, 3.63) is 29.8 Å². The Morgan fingerprint density at radius 2 is 2.06 bits per heavy atom. The van der Waals surface area contributed by atoms with Crippen molar-refractivity contribution >= 4 is 0 Å². The molecule has 3 atom stereocenters. The van der Waals surface area contributed by atoms with Crippen LogP contribution in [-0.4, -0.2) is 19.7 Å². The van der Waals surface area contributed by atoms with E-state index < -0.39 is 0 Å². The monoisotopic (exact) mass is 233 g/mol. The SMILES string of the molecule is CCNC1CC(c2ccccc2OC)C1CC. The van der Waals surface area contributed by atoms with Crippen LogP contribution in [0.2, 0.25) is 0 Å². The number of para-hydroxylation sites is 1. The van der Waals surface area contributed by atoms with Crippen molar-refractivity contribution in [1.29, 1.82) is 0 Å². The zero-order valence-electron chi connectivity index (χ0n) is 11.1. The quantitative estimate of drug-likeness (QED) is 0.843. The second-order valence-corrected chi connectivity index (χ2v) is 4.82. The summed E-state index contributed by atoms with van der Waals surface area (Å²) in [6.45, 7) is 5.54. The molecule has 0 aromatic heterocycles. The molecule has 94 valence electrons. The van der Waals surface area contributed by atoms with E-state index in [0.717, 1.165) is 18.2 Å². The molecule has 0 heterocycles. The first-order chi connectivity index (χ1) is 8.31. The van der Waals surface area contributed by atoms with Crippen LogP contribution in [0.5, 0.6) is 5.75 Å². The Morgan fingerprint density at radius 1 is 1.29 bits per heavy atom. The van der Waals surface area contributed by atoms with Crippen LogP contribution < -0.4 is 10.1 Å². The maximum absolute atomic E-state index is 5.47. The van der Waals surface area contributed by atoms with Crippen LogP contribution in [0.4, 0.5) is 0 Å². The standard InChI is InChI=1S/C15H23NO/c1-4-11-13(10-14(11)16-5-2)12-8-6-7-9-15(12)17-3/h6-9,11,13-14,16H,4-5,10H2,1-3H3. The summed E-state index contributed by atoms with van der Waals surface area (Å²) in [5.74, 6) is 2.47. The van der Waals surface area contributed by atoms with Crippen molar-refractivity contribution in [2.24, 2.45) is 5.92 Å². The number of hydrogen-bond donors (Lipinski definition) is 1. The highest BCUT2D eigenvalue weighted by atomic mass is 16.5. The third kappa shape index (κ3) is 2.32. The van der Waals surface area contributed by atoms with Gasteiger partial charge >= 0.3 is 0 Å². The Kier molecular flexibility index (Phi) is 4.06. The molecule has 0 spiro atoms. The van der Waals surface area contributed by atoms with Crippen LogP contribution in [0.25, 0.3) is 0 Å². The van der Waals surface area contributed by atoms with Gasteiger partial charge in [0.1, 0.15) is 5.75 Å². The van der Waals surface area contributed by atoms with Gasteiger partial charge in [-0.25, -0.2) is 0 Å². The molecule has 1 N–H and O–H groups in total. The highest BCUT2D eigenvalue weighted by molar-refractivity contribution is 5.38. The first-order valence-corrected chi connectivity index (χ1v) is 6.68. The Labute approximate surface area is 104 Å². The fourth-order valence-corrected chi connectivity index (χ4v) is 3.10. The van der Waals surface area contributed by atoms with Gasteiger partial charge in [-0.15, -0.1) is 0 Å². The molecule has 1 aromatic rings. The van der Waals surface area contributed by atoms with Crippen LogP contribution in [0, 0.1) is 5.92 Å². The van der Waals surface area contributed by atoms with Gasteiger partial charge in [0.15, 0.2) is 0 Å². The van der Waals surface area contributed by atoms with Crippen LogP contribution in [0.1, 0.15) is 38.2 Å². The van der Waals surface area contributed by atoms with Gasteiger partial charge in [0.25, 0.3) is 0 Å². The van der Waals surface area contributed by atoms with Crippen LogP contribution in [0.15, 0.2) is 24.3 Å². The number of ether oxygens (including phenoxy) is 1. The maximum Gasteiger partial charge on any atom is 0.122 e. The van der Waals surface area contributed by atoms with Gasteiger partial charge < -0.3 is 10.1 Å². The topological polar surface area (TPSA) is 21.3 Å². The van der Waals surface area contributed by atoms with Crippen molar-refractivity contribution in [1.82, 2.24) is 5.32 Å². The van der Waals surface area contributed by atoms with Crippen molar-refractivity contribution in [2.75, 3.05) is 13.7 Å². The summed E-state index contributed by atoms with van der Waals surface area (Å²) in [6, 6.07) is 9.14. The third-order valence-electron chi connectivity index (χ3n) is 4.02. The fraction of sp³-hybridized carbons (Fsp3) is 0.600. The Balaban J connectivity index is 2.13. The van der Waals surface area contributed by atoms with E-state index in [1.165, 1.54) is 18.4 Å². The Bertz CT molecular complexity index is 364.